The van der Waals surface area contributed by atoms with Crippen molar-refractivity contribution >= 4 is 23.4 Å². The summed E-state index contributed by atoms with van der Waals surface area (Å²) in [5.74, 6) is 2.33. The molecule has 0 saturated carbocycles. The molecule has 1 aromatic carbocycles. The van der Waals surface area contributed by atoms with Crippen molar-refractivity contribution in [1.82, 2.24) is 0 Å². The van der Waals surface area contributed by atoms with Gasteiger partial charge in [-0.2, -0.15) is 11.8 Å². The van der Waals surface area contributed by atoms with E-state index in [4.69, 9.17) is 16.3 Å². The van der Waals surface area contributed by atoms with E-state index in [1.165, 1.54) is 0 Å². The second kappa shape index (κ2) is 6.26. The number of methoxy groups -OCH3 is 1. The largest absolute Gasteiger partial charge is 0.496 e. The van der Waals surface area contributed by atoms with E-state index in [0.717, 1.165) is 11.3 Å². The lowest BCUT2D eigenvalue weighted by atomic mass is 10.1. The quantitative estimate of drug-likeness (QED) is 0.866. The van der Waals surface area contributed by atoms with Crippen molar-refractivity contribution in [2.24, 2.45) is 0 Å². The van der Waals surface area contributed by atoms with E-state index in [-0.39, 0.29) is 0 Å². The molecule has 0 aliphatic rings. The Hall–Kier alpha value is -0.380. The smallest absolute Gasteiger partial charge is 0.124 e. The molecule has 0 amide bonds. The van der Waals surface area contributed by atoms with Gasteiger partial charge in [0, 0.05) is 16.3 Å². The molecular formula is C11H15ClO2S. The van der Waals surface area contributed by atoms with Crippen molar-refractivity contribution in [3.63, 3.8) is 0 Å². The summed E-state index contributed by atoms with van der Waals surface area (Å²) in [6.07, 6.45) is -0.524. The molecule has 0 radical (unpaired) electrons. The Morgan fingerprint density at radius 3 is 2.87 bits per heavy atom. The van der Waals surface area contributed by atoms with Crippen LogP contribution in [-0.2, 0) is 0 Å². The molecule has 1 unspecified atom stereocenters. The minimum atomic E-state index is -0.524. The minimum absolute atomic E-state index is 0.524. The van der Waals surface area contributed by atoms with Gasteiger partial charge in [-0.25, -0.2) is 0 Å². The third-order valence-corrected chi connectivity index (χ3v) is 3.23. The van der Waals surface area contributed by atoms with Crippen LogP contribution < -0.4 is 4.74 Å². The van der Waals surface area contributed by atoms with Gasteiger partial charge in [0.2, 0.25) is 0 Å². The summed E-state index contributed by atoms with van der Waals surface area (Å²) >= 11 is 7.57. The van der Waals surface area contributed by atoms with Gasteiger partial charge in [0.15, 0.2) is 0 Å². The molecule has 1 N–H and O–H groups in total. The average Bonchev–Trinajstić information content (AvgIpc) is 2.25. The normalized spacial score (nSPS) is 12.5. The summed E-state index contributed by atoms with van der Waals surface area (Å²) in [5.41, 5.74) is 0.756. The fraction of sp³-hybridized carbons (Fsp3) is 0.455. The van der Waals surface area contributed by atoms with Crippen LogP contribution in [-0.4, -0.2) is 23.7 Å². The van der Waals surface area contributed by atoms with Gasteiger partial charge in [0.05, 0.1) is 13.2 Å². The van der Waals surface area contributed by atoms with Crippen molar-refractivity contribution in [3.05, 3.63) is 28.8 Å². The first kappa shape index (κ1) is 12.7. The fourth-order valence-electron chi connectivity index (χ4n) is 1.28. The van der Waals surface area contributed by atoms with Crippen molar-refractivity contribution in [2.75, 3.05) is 18.6 Å². The van der Waals surface area contributed by atoms with Crippen LogP contribution in [0.15, 0.2) is 18.2 Å². The Balaban J connectivity index is 2.85. The van der Waals surface area contributed by atoms with E-state index >= 15 is 0 Å². The lowest BCUT2D eigenvalue weighted by Crippen LogP contribution is -2.03. The third kappa shape index (κ3) is 3.59. The summed E-state index contributed by atoms with van der Waals surface area (Å²) in [6, 6.07) is 5.28. The maximum atomic E-state index is 9.93. The van der Waals surface area contributed by atoms with E-state index in [1.807, 2.05) is 0 Å². The highest BCUT2D eigenvalue weighted by atomic mass is 35.5. The molecule has 15 heavy (non-hydrogen) atoms. The first-order valence-electron chi connectivity index (χ1n) is 4.78. The van der Waals surface area contributed by atoms with Gasteiger partial charge in [-0.15, -0.1) is 0 Å². The molecule has 4 heteroatoms. The van der Waals surface area contributed by atoms with E-state index < -0.39 is 6.10 Å². The molecule has 84 valence electrons. The molecule has 0 saturated heterocycles. The number of halogens is 1. The molecule has 0 spiro atoms. The minimum Gasteiger partial charge on any atom is -0.496 e. The predicted octanol–water partition coefficient (Wildman–Crippen LogP) is 3.14. The van der Waals surface area contributed by atoms with Gasteiger partial charge in [0.1, 0.15) is 5.75 Å². The number of thioether (sulfide) groups is 1. The maximum absolute atomic E-state index is 9.93. The van der Waals surface area contributed by atoms with Crippen LogP contribution in [0.4, 0.5) is 0 Å². The second-order valence-electron chi connectivity index (χ2n) is 3.06. The summed E-state index contributed by atoms with van der Waals surface area (Å²) in [5, 5.41) is 10.5. The number of ether oxygens (including phenoxy) is 1. The Morgan fingerprint density at radius 2 is 2.27 bits per heavy atom. The molecule has 0 aliphatic heterocycles. The van der Waals surface area contributed by atoms with E-state index in [9.17, 15) is 5.11 Å². The number of benzene rings is 1. The van der Waals surface area contributed by atoms with E-state index in [1.54, 1.807) is 37.1 Å². The molecule has 2 nitrogen and oxygen atoms in total. The monoisotopic (exact) mass is 246 g/mol. The van der Waals surface area contributed by atoms with Crippen LogP contribution in [0.3, 0.4) is 0 Å². The molecule has 0 aromatic heterocycles. The second-order valence-corrected chi connectivity index (χ2v) is 4.82. The van der Waals surface area contributed by atoms with Gasteiger partial charge in [-0.3, -0.25) is 0 Å². The summed E-state index contributed by atoms with van der Waals surface area (Å²) in [6.45, 7) is 2.06. The molecular weight excluding hydrogens is 232 g/mol. The number of aliphatic hydroxyl groups excluding tert-OH is 1. The molecule has 1 atom stereocenters. The van der Waals surface area contributed by atoms with Gasteiger partial charge >= 0.3 is 0 Å². The standard InChI is InChI=1S/C11H15ClO2S/c1-3-15-7-10(13)9-6-8(12)4-5-11(9)14-2/h4-6,10,13H,3,7H2,1-2H3. The van der Waals surface area contributed by atoms with Gasteiger partial charge in [-0.05, 0) is 24.0 Å². The number of hydrogen-bond donors (Lipinski definition) is 1. The highest BCUT2D eigenvalue weighted by Crippen LogP contribution is 2.29. The lowest BCUT2D eigenvalue weighted by molar-refractivity contribution is 0.199. The molecule has 0 bridgehead atoms. The summed E-state index contributed by atoms with van der Waals surface area (Å²) in [7, 11) is 1.59. The van der Waals surface area contributed by atoms with Crippen LogP contribution in [0.2, 0.25) is 5.02 Å². The van der Waals surface area contributed by atoms with Gasteiger partial charge in [-0.1, -0.05) is 18.5 Å². The third-order valence-electron chi connectivity index (χ3n) is 2.03. The topological polar surface area (TPSA) is 29.5 Å². The highest BCUT2D eigenvalue weighted by Gasteiger charge is 2.13. The summed E-state index contributed by atoms with van der Waals surface area (Å²) in [4.78, 5) is 0. The zero-order valence-electron chi connectivity index (χ0n) is 8.87. The van der Waals surface area contributed by atoms with Crippen LogP contribution in [0.1, 0.15) is 18.6 Å². The Morgan fingerprint density at radius 1 is 1.53 bits per heavy atom. The van der Waals surface area contributed by atoms with Gasteiger partial charge < -0.3 is 9.84 Å². The van der Waals surface area contributed by atoms with Crippen molar-refractivity contribution in [3.8, 4) is 5.75 Å². The fourth-order valence-corrected chi connectivity index (χ4v) is 2.10. The Labute approximate surface area is 99.6 Å². The first-order valence-corrected chi connectivity index (χ1v) is 6.31. The number of rotatable bonds is 5. The van der Waals surface area contributed by atoms with Crippen molar-refractivity contribution < 1.29 is 9.84 Å². The maximum Gasteiger partial charge on any atom is 0.124 e. The lowest BCUT2D eigenvalue weighted by Gasteiger charge is -2.14. The van der Waals surface area contributed by atoms with Crippen LogP contribution in [0.25, 0.3) is 0 Å². The molecule has 0 fully saturated rings. The van der Waals surface area contributed by atoms with E-state index in [2.05, 4.69) is 6.92 Å². The first-order chi connectivity index (χ1) is 7.19. The van der Waals surface area contributed by atoms with Crippen LogP contribution in [0, 0.1) is 0 Å². The Bertz CT molecular complexity index is 317. The number of hydrogen-bond acceptors (Lipinski definition) is 3. The van der Waals surface area contributed by atoms with Crippen molar-refractivity contribution in [1.29, 1.82) is 0 Å². The van der Waals surface area contributed by atoms with Crippen LogP contribution >= 0.6 is 23.4 Å². The Kier molecular flexibility index (Phi) is 5.29. The van der Waals surface area contributed by atoms with E-state index in [0.29, 0.717) is 16.5 Å². The molecule has 1 rings (SSSR count). The molecule has 0 heterocycles. The zero-order chi connectivity index (χ0) is 11.3. The number of aliphatic hydroxyl groups is 1. The van der Waals surface area contributed by atoms with Crippen molar-refractivity contribution in [2.45, 2.75) is 13.0 Å². The summed E-state index contributed by atoms with van der Waals surface area (Å²) < 4.78 is 5.17. The van der Waals surface area contributed by atoms with Crippen LogP contribution in [0.5, 0.6) is 5.75 Å². The van der Waals surface area contributed by atoms with Gasteiger partial charge in [0.25, 0.3) is 0 Å². The average molecular weight is 247 g/mol. The molecule has 0 aliphatic carbocycles. The predicted molar refractivity (Wildman–Crippen MR) is 66.0 cm³/mol. The molecule has 1 aromatic rings. The highest BCUT2D eigenvalue weighted by molar-refractivity contribution is 7.99. The zero-order valence-corrected chi connectivity index (χ0v) is 10.4. The SMILES string of the molecule is CCSCC(O)c1cc(Cl)ccc1OC.